The highest BCUT2D eigenvalue weighted by molar-refractivity contribution is 5.73. The van der Waals surface area contributed by atoms with Crippen LogP contribution >= 0.6 is 0 Å². The molecular formula is C13H18FNO2. The van der Waals surface area contributed by atoms with Crippen molar-refractivity contribution in [3.05, 3.63) is 35.1 Å². The Morgan fingerprint density at radius 3 is 2.76 bits per heavy atom. The quantitative estimate of drug-likeness (QED) is 0.799. The minimum atomic E-state index is -0.830. The maximum atomic E-state index is 12.9. The molecule has 0 spiro atoms. The fraction of sp³-hybridized carbons (Fsp3) is 0.462. The summed E-state index contributed by atoms with van der Waals surface area (Å²) in [5.74, 6) is -1.07. The number of benzene rings is 1. The molecule has 17 heavy (non-hydrogen) atoms. The lowest BCUT2D eigenvalue weighted by Gasteiger charge is -2.12. The molecule has 0 heterocycles. The van der Waals surface area contributed by atoms with Gasteiger partial charge in [-0.05, 0) is 49.6 Å². The molecule has 3 nitrogen and oxygen atoms in total. The van der Waals surface area contributed by atoms with Crippen molar-refractivity contribution in [2.24, 2.45) is 0 Å². The molecule has 4 heteroatoms. The van der Waals surface area contributed by atoms with E-state index < -0.39 is 12.0 Å². The number of carboxylic acids is 1. The van der Waals surface area contributed by atoms with Crippen LogP contribution < -0.4 is 5.32 Å². The summed E-state index contributed by atoms with van der Waals surface area (Å²) >= 11 is 0. The number of carboxylic acid groups (broad SMARTS) is 1. The van der Waals surface area contributed by atoms with Crippen LogP contribution in [-0.2, 0) is 11.2 Å². The van der Waals surface area contributed by atoms with E-state index in [0.717, 1.165) is 11.1 Å². The topological polar surface area (TPSA) is 49.3 Å². The Morgan fingerprint density at radius 2 is 2.24 bits per heavy atom. The molecular weight excluding hydrogens is 221 g/mol. The van der Waals surface area contributed by atoms with E-state index in [2.05, 4.69) is 5.32 Å². The Hall–Kier alpha value is -1.42. The first-order valence-electron chi connectivity index (χ1n) is 5.75. The van der Waals surface area contributed by atoms with Gasteiger partial charge in [-0.15, -0.1) is 0 Å². The number of carbonyl (C=O) groups is 1. The van der Waals surface area contributed by atoms with E-state index in [-0.39, 0.29) is 5.82 Å². The largest absolute Gasteiger partial charge is 0.480 e. The lowest BCUT2D eigenvalue weighted by molar-refractivity contribution is -0.139. The van der Waals surface area contributed by atoms with Gasteiger partial charge in [0.2, 0.25) is 0 Å². The molecule has 0 amide bonds. The monoisotopic (exact) mass is 239 g/mol. The molecule has 1 aromatic rings. The predicted molar refractivity (Wildman–Crippen MR) is 64.6 cm³/mol. The minimum absolute atomic E-state index is 0.240. The normalized spacial score (nSPS) is 12.4. The fourth-order valence-corrected chi connectivity index (χ4v) is 1.73. The van der Waals surface area contributed by atoms with E-state index in [9.17, 15) is 9.18 Å². The van der Waals surface area contributed by atoms with Gasteiger partial charge in [0.05, 0.1) is 0 Å². The number of rotatable bonds is 6. The van der Waals surface area contributed by atoms with Crippen LogP contribution in [0.25, 0.3) is 0 Å². The van der Waals surface area contributed by atoms with Crippen LogP contribution in [-0.4, -0.2) is 23.7 Å². The Labute approximate surface area is 101 Å². The van der Waals surface area contributed by atoms with E-state index in [0.29, 0.717) is 19.4 Å². The number of aryl methyl sites for hydroxylation is 1. The maximum Gasteiger partial charge on any atom is 0.320 e. The Kier molecular flexibility index (Phi) is 5.10. The van der Waals surface area contributed by atoms with Gasteiger partial charge in [-0.3, -0.25) is 4.79 Å². The molecule has 0 bridgehead atoms. The van der Waals surface area contributed by atoms with Crippen molar-refractivity contribution in [2.75, 3.05) is 6.54 Å². The molecule has 1 atom stereocenters. The third-order valence-corrected chi connectivity index (χ3v) is 2.80. The first-order chi connectivity index (χ1) is 8.04. The average Bonchev–Trinajstić information content (AvgIpc) is 2.26. The molecule has 2 N–H and O–H groups in total. The SMILES string of the molecule is CCC(NCCc1ccc(F)cc1C)C(=O)O. The first kappa shape index (κ1) is 13.6. The summed E-state index contributed by atoms with van der Waals surface area (Å²) in [6.45, 7) is 4.26. The third kappa shape index (κ3) is 4.15. The van der Waals surface area contributed by atoms with Crippen molar-refractivity contribution in [3.63, 3.8) is 0 Å². The highest BCUT2D eigenvalue weighted by Gasteiger charge is 2.13. The van der Waals surface area contributed by atoms with Gasteiger partial charge in [-0.2, -0.15) is 0 Å². The van der Waals surface area contributed by atoms with Gasteiger partial charge in [0.15, 0.2) is 0 Å². The third-order valence-electron chi connectivity index (χ3n) is 2.80. The van der Waals surface area contributed by atoms with Gasteiger partial charge in [0, 0.05) is 0 Å². The van der Waals surface area contributed by atoms with E-state index >= 15 is 0 Å². The van der Waals surface area contributed by atoms with Crippen molar-refractivity contribution in [1.82, 2.24) is 5.32 Å². The highest BCUT2D eigenvalue weighted by atomic mass is 19.1. The van der Waals surface area contributed by atoms with Crippen LogP contribution in [0.15, 0.2) is 18.2 Å². The highest BCUT2D eigenvalue weighted by Crippen LogP contribution is 2.10. The molecule has 0 aliphatic rings. The lowest BCUT2D eigenvalue weighted by Crippen LogP contribution is -2.37. The van der Waals surface area contributed by atoms with E-state index in [4.69, 9.17) is 5.11 Å². The number of halogens is 1. The van der Waals surface area contributed by atoms with E-state index in [1.54, 1.807) is 6.07 Å². The molecule has 0 radical (unpaired) electrons. The molecule has 1 rings (SSSR count). The van der Waals surface area contributed by atoms with E-state index in [1.807, 2.05) is 13.8 Å². The van der Waals surface area contributed by atoms with Gasteiger partial charge in [-0.25, -0.2) is 4.39 Å². The van der Waals surface area contributed by atoms with Crippen LogP contribution in [0.2, 0.25) is 0 Å². The Morgan fingerprint density at radius 1 is 1.53 bits per heavy atom. The zero-order valence-electron chi connectivity index (χ0n) is 10.2. The Bertz CT molecular complexity index is 393. The summed E-state index contributed by atoms with van der Waals surface area (Å²) < 4.78 is 12.9. The number of hydrogen-bond donors (Lipinski definition) is 2. The second kappa shape index (κ2) is 6.35. The van der Waals surface area contributed by atoms with Gasteiger partial charge in [-0.1, -0.05) is 13.0 Å². The van der Waals surface area contributed by atoms with Crippen LogP contribution in [0.3, 0.4) is 0 Å². The number of nitrogens with one attached hydrogen (secondary N) is 1. The van der Waals surface area contributed by atoms with Crippen LogP contribution in [0.5, 0.6) is 0 Å². The summed E-state index contributed by atoms with van der Waals surface area (Å²) in [6.07, 6.45) is 1.26. The smallest absolute Gasteiger partial charge is 0.320 e. The maximum absolute atomic E-state index is 12.9. The predicted octanol–water partition coefficient (Wildman–Crippen LogP) is 2.13. The van der Waals surface area contributed by atoms with Crippen LogP contribution in [0.4, 0.5) is 4.39 Å². The molecule has 0 saturated carbocycles. The second-order valence-corrected chi connectivity index (χ2v) is 4.07. The Balaban J connectivity index is 2.48. The lowest BCUT2D eigenvalue weighted by atomic mass is 10.1. The number of hydrogen-bond acceptors (Lipinski definition) is 2. The fourth-order valence-electron chi connectivity index (χ4n) is 1.73. The summed E-state index contributed by atoms with van der Waals surface area (Å²) in [5.41, 5.74) is 1.94. The summed E-state index contributed by atoms with van der Waals surface area (Å²) in [5, 5.41) is 11.8. The second-order valence-electron chi connectivity index (χ2n) is 4.07. The molecule has 1 unspecified atom stereocenters. The van der Waals surface area contributed by atoms with Gasteiger partial charge in [0.1, 0.15) is 11.9 Å². The van der Waals surface area contributed by atoms with Crippen molar-refractivity contribution >= 4 is 5.97 Å². The summed E-state index contributed by atoms with van der Waals surface area (Å²) in [6, 6.07) is 4.16. The first-order valence-corrected chi connectivity index (χ1v) is 5.75. The minimum Gasteiger partial charge on any atom is -0.480 e. The molecule has 0 fully saturated rings. The molecule has 0 aliphatic heterocycles. The van der Waals surface area contributed by atoms with Crippen molar-refractivity contribution in [2.45, 2.75) is 32.7 Å². The van der Waals surface area contributed by atoms with Gasteiger partial charge >= 0.3 is 5.97 Å². The van der Waals surface area contributed by atoms with Crippen LogP contribution in [0, 0.1) is 12.7 Å². The van der Waals surface area contributed by atoms with Crippen molar-refractivity contribution in [3.8, 4) is 0 Å². The van der Waals surface area contributed by atoms with Crippen molar-refractivity contribution < 1.29 is 14.3 Å². The molecule has 0 aliphatic carbocycles. The zero-order valence-corrected chi connectivity index (χ0v) is 10.2. The molecule has 0 saturated heterocycles. The van der Waals surface area contributed by atoms with Gasteiger partial charge in [0.25, 0.3) is 0 Å². The summed E-state index contributed by atoms with van der Waals surface area (Å²) in [4.78, 5) is 10.8. The zero-order chi connectivity index (χ0) is 12.8. The van der Waals surface area contributed by atoms with Crippen LogP contribution in [0.1, 0.15) is 24.5 Å². The molecule has 1 aromatic carbocycles. The van der Waals surface area contributed by atoms with Crippen molar-refractivity contribution in [1.29, 1.82) is 0 Å². The molecule has 0 aromatic heterocycles. The average molecular weight is 239 g/mol. The molecule has 94 valence electrons. The number of aliphatic carboxylic acids is 1. The standard InChI is InChI=1S/C13H18FNO2/c1-3-12(13(16)17)15-7-6-10-4-5-11(14)8-9(10)2/h4-5,8,12,15H,3,6-7H2,1-2H3,(H,16,17). The van der Waals surface area contributed by atoms with E-state index in [1.165, 1.54) is 12.1 Å². The summed E-state index contributed by atoms with van der Waals surface area (Å²) in [7, 11) is 0. The van der Waals surface area contributed by atoms with Gasteiger partial charge < -0.3 is 10.4 Å².